The van der Waals surface area contributed by atoms with Crippen LogP contribution < -0.4 is 10.5 Å². The van der Waals surface area contributed by atoms with Crippen molar-refractivity contribution in [3.63, 3.8) is 0 Å². The number of rotatable bonds is 7. The van der Waals surface area contributed by atoms with E-state index in [0.29, 0.717) is 42.7 Å². The van der Waals surface area contributed by atoms with E-state index in [-0.39, 0.29) is 29.8 Å². The Balaban J connectivity index is 1.29. The topological polar surface area (TPSA) is 98.6 Å². The summed E-state index contributed by atoms with van der Waals surface area (Å²) in [5.41, 5.74) is 10.9. The number of hydrogen-bond acceptors (Lipinski definition) is 5. The molecule has 2 bridgehead atoms. The van der Waals surface area contributed by atoms with Crippen molar-refractivity contribution in [3.05, 3.63) is 48.0 Å². The lowest BCUT2D eigenvalue weighted by atomic mass is 10.1. The standard InChI is InChI=1S/C33H38N6O3/c1-36-15-20(11-29(36)40)17-39-31-24(12-23(14-28(31)42-2)33(41)38-18-22-9-10-26(38)30(22)34)35-32(39)27-13-21-5-3-4-6-25(21)37(27)16-19-7-8-19/h3-6,12-14,19-20,22,26,30H,7-11,15-18,34H2,1-2H3/t20?,22-,26-,30-/m1/s1. The zero-order chi connectivity index (χ0) is 28.7. The van der Waals surface area contributed by atoms with Crippen LogP contribution in [0.5, 0.6) is 5.75 Å². The number of hydrogen-bond donors (Lipinski definition) is 1. The van der Waals surface area contributed by atoms with Gasteiger partial charge in [-0.05, 0) is 61.8 Å². The van der Waals surface area contributed by atoms with Crippen molar-refractivity contribution in [2.45, 2.75) is 57.3 Å². The molecule has 9 nitrogen and oxygen atoms in total. The molecule has 2 saturated heterocycles. The number of carbonyl (C=O) groups is 2. The molecule has 4 fully saturated rings. The second-order valence-electron chi connectivity index (χ2n) is 13.0. The van der Waals surface area contributed by atoms with Gasteiger partial charge in [0.15, 0.2) is 5.82 Å². The molecule has 0 radical (unpaired) electrons. The molecule has 8 rings (SSSR count). The van der Waals surface area contributed by atoms with Gasteiger partial charge in [-0.1, -0.05) is 18.2 Å². The summed E-state index contributed by atoms with van der Waals surface area (Å²) in [5, 5.41) is 1.19. The zero-order valence-corrected chi connectivity index (χ0v) is 24.3. The Hall–Kier alpha value is -3.85. The number of carbonyl (C=O) groups excluding carboxylic acids is 2. The Labute approximate surface area is 245 Å². The second kappa shape index (κ2) is 9.59. The number of para-hydroxylation sites is 1. The molecule has 4 heterocycles. The third kappa shape index (κ3) is 4.04. The molecule has 0 spiro atoms. The predicted octanol–water partition coefficient (Wildman–Crippen LogP) is 4.12. The van der Waals surface area contributed by atoms with Crippen molar-refractivity contribution in [2.75, 3.05) is 27.2 Å². The number of likely N-dealkylation sites (tertiary alicyclic amines) is 2. The van der Waals surface area contributed by atoms with Crippen LogP contribution in [0, 0.1) is 17.8 Å². The Morgan fingerprint density at radius 1 is 1.02 bits per heavy atom. The van der Waals surface area contributed by atoms with Crippen molar-refractivity contribution in [1.82, 2.24) is 23.9 Å². The lowest BCUT2D eigenvalue weighted by molar-refractivity contribution is -0.126. The van der Waals surface area contributed by atoms with Crippen molar-refractivity contribution < 1.29 is 14.3 Å². The number of nitrogens with zero attached hydrogens (tertiary/aromatic N) is 5. The van der Waals surface area contributed by atoms with Crippen molar-refractivity contribution in [1.29, 1.82) is 0 Å². The molecule has 42 heavy (non-hydrogen) atoms. The van der Waals surface area contributed by atoms with E-state index < -0.39 is 0 Å². The number of nitrogens with two attached hydrogens (primary N) is 1. The SMILES string of the molecule is COc1cc(C(=O)N2C[C@H]3CC[C@@H]2[C@@H]3N)cc2nc(-c3cc4ccccc4n3CC3CC3)n(CC3CC(=O)N(C)C3)c12. The second-order valence-corrected chi connectivity index (χ2v) is 13.0. The van der Waals surface area contributed by atoms with E-state index in [0.717, 1.165) is 48.5 Å². The molecule has 2 aliphatic carbocycles. The van der Waals surface area contributed by atoms with Gasteiger partial charge in [-0.2, -0.15) is 0 Å². The molecule has 2 saturated carbocycles. The number of imidazole rings is 1. The zero-order valence-electron chi connectivity index (χ0n) is 24.3. The third-order valence-corrected chi connectivity index (χ3v) is 10.2. The Morgan fingerprint density at radius 2 is 1.83 bits per heavy atom. The van der Waals surface area contributed by atoms with Crippen LogP contribution in [0.1, 0.15) is 42.5 Å². The molecule has 4 atom stereocenters. The van der Waals surface area contributed by atoms with Gasteiger partial charge in [-0.3, -0.25) is 9.59 Å². The van der Waals surface area contributed by atoms with Crippen LogP contribution in [0.15, 0.2) is 42.5 Å². The van der Waals surface area contributed by atoms with Gasteiger partial charge in [0, 0.05) is 74.1 Å². The molecule has 218 valence electrons. The van der Waals surface area contributed by atoms with E-state index >= 15 is 0 Å². The van der Waals surface area contributed by atoms with E-state index in [9.17, 15) is 9.59 Å². The fourth-order valence-electron chi connectivity index (χ4n) is 7.82. The first-order valence-corrected chi connectivity index (χ1v) is 15.4. The minimum atomic E-state index is -0.000175. The highest BCUT2D eigenvalue weighted by molar-refractivity contribution is 6.00. The molecule has 1 unspecified atom stereocenters. The summed E-state index contributed by atoms with van der Waals surface area (Å²) in [5.74, 6) is 2.88. The molecular weight excluding hydrogens is 528 g/mol. The highest BCUT2D eigenvalue weighted by atomic mass is 16.5. The van der Waals surface area contributed by atoms with Crippen LogP contribution in [0.4, 0.5) is 0 Å². The van der Waals surface area contributed by atoms with Gasteiger partial charge in [0.25, 0.3) is 5.91 Å². The Kier molecular flexibility index (Phi) is 5.90. The number of amides is 2. The fraction of sp³-hybridized carbons (Fsp3) is 0.485. The molecular formula is C33H38N6O3. The fourth-order valence-corrected chi connectivity index (χ4v) is 7.82. The highest BCUT2D eigenvalue weighted by Crippen LogP contribution is 2.41. The highest BCUT2D eigenvalue weighted by Gasteiger charge is 2.47. The number of methoxy groups -OCH3 is 1. The minimum Gasteiger partial charge on any atom is -0.494 e. The Bertz CT molecular complexity index is 1730. The van der Waals surface area contributed by atoms with Gasteiger partial charge in [0.2, 0.25) is 5.91 Å². The normalized spacial score (nSPS) is 25.5. The molecule has 4 aromatic rings. The van der Waals surface area contributed by atoms with Gasteiger partial charge < -0.3 is 29.4 Å². The van der Waals surface area contributed by atoms with Gasteiger partial charge in [0.1, 0.15) is 11.3 Å². The summed E-state index contributed by atoms with van der Waals surface area (Å²) < 4.78 is 10.6. The predicted molar refractivity (Wildman–Crippen MR) is 161 cm³/mol. The first-order chi connectivity index (χ1) is 20.4. The molecule has 2 aromatic carbocycles. The van der Waals surface area contributed by atoms with Gasteiger partial charge in [-0.15, -0.1) is 0 Å². The summed E-state index contributed by atoms with van der Waals surface area (Å²) in [4.78, 5) is 35.4. The molecule has 2 amide bonds. The number of ether oxygens (including phenoxy) is 1. The van der Waals surface area contributed by atoms with Crippen LogP contribution in [0.25, 0.3) is 33.5 Å². The maximum Gasteiger partial charge on any atom is 0.254 e. The number of piperidine rings is 1. The summed E-state index contributed by atoms with van der Waals surface area (Å²) in [7, 11) is 3.53. The van der Waals surface area contributed by atoms with E-state index in [1.807, 2.05) is 29.0 Å². The average molecular weight is 567 g/mol. The van der Waals surface area contributed by atoms with Gasteiger partial charge in [-0.25, -0.2) is 4.98 Å². The smallest absolute Gasteiger partial charge is 0.254 e. The van der Waals surface area contributed by atoms with Crippen LogP contribution in [-0.2, 0) is 17.9 Å². The summed E-state index contributed by atoms with van der Waals surface area (Å²) in [6, 6.07) is 14.7. The van der Waals surface area contributed by atoms with Gasteiger partial charge in [0.05, 0.1) is 18.3 Å². The largest absolute Gasteiger partial charge is 0.494 e. The minimum absolute atomic E-state index is 0.000175. The first-order valence-electron chi connectivity index (χ1n) is 15.4. The van der Waals surface area contributed by atoms with E-state index in [2.05, 4.69) is 39.5 Å². The summed E-state index contributed by atoms with van der Waals surface area (Å²) >= 11 is 0. The van der Waals surface area contributed by atoms with Crippen LogP contribution in [0.2, 0.25) is 0 Å². The van der Waals surface area contributed by atoms with Crippen molar-refractivity contribution >= 4 is 33.8 Å². The quantitative estimate of drug-likeness (QED) is 0.363. The molecule has 4 aliphatic rings. The summed E-state index contributed by atoms with van der Waals surface area (Å²) in [6.45, 7) is 3.02. The Morgan fingerprint density at radius 3 is 2.52 bits per heavy atom. The third-order valence-electron chi connectivity index (χ3n) is 10.2. The van der Waals surface area contributed by atoms with E-state index in [4.69, 9.17) is 15.5 Å². The van der Waals surface area contributed by atoms with Crippen molar-refractivity contribution in [3.8, 4) is 17.3 Å². The number of aromatic nitrogens is 3. The van der Waals surface area contributed by atoms with Gasteiger partial charge >= 0.3 is 0 Å². The van der Waals surface area contributed by atoms with Crippen LogP contribution in [-0.4, -0.2) is 75.1 Å². The van der Waals surface area contributed by atoms with Crippen LogP contribution >= 0.6 is 0 Å². The lowest BCUT2D eigenvalue weighted by Crippen LogP contribution is -2.41. The van der Waals surface area contributed by atoms with Crippen molar-refractivity contribution in [2.24, 2.45) is 23.5 Å². The number of benzene rings is 2. The molecule has 2 aliphatic heterocycles. The summed E-state index contributed by atoms with van der Waals surface area (Å²) in [6.07, 6.45) is 5.08. The maximum absolute atomic E-state index is 13.8. The van der Waals surface area contributed by atoms with E-state index in [1.165, 1.54) is 23.7 Å². The first kappa shape index (κ1) is 25.8. The van der Waals surface area contributed by atoms with E-state index in [1.54, 1.807) is 7.11 Å². The monoisotopic (exact) mass is 566 g/mol. The number of fused-ring (bicyclic) bond motifs is 4. The average Bonchev–Trinajstić information content (AvgIpc) is 3.19. The molecule has 9 heteroatoms. The lowest BCUT2D eigenvalue weighted by Gasteiger charge is -2.27. The maximum atomic E-state index is 13.8. The van der Waals surface area contributed by atoms with Crippen LogP contribution in [0.3, 0.4) is 0 Å². The molecule has 2 N–H and O–H groups in total. The molecule has 2 aromatic heterocycles.